The fourth-order valence-corrected chi connectivity index (χ4v) is 3.37. The van der Waals surface area contributed by atoms with Crippen LogP contribution in [0.25, 0.3) is 6.08 Å². The maximum absolute atomic E-state index is 3.45. The van der Waals surface area contributed by atoms with Gasteiger partial charge in [0.25, 0.3) is 0 Å². The number of rotatable bonds is 8. The van der Waals surface area contributed by atoms with E-state index in [4.69, 9.17) is 0 Å². The van der Waals surface area contributed by atoms with E-state index in [1.807, 2.05) is 17.8 Å². The quantitative estimate of drug-likeness (QED) is 0.718. The molecule has 0 radical (unpaired) electrons. The highest BCUT2D eigenvalue weighted by Gasteiger charge is 2.13. The third-order valence-corrected chi connectivity index (χ3v) is 5.20. The second-order valence-corrected chi connectivity index (χ2v) is 6.96. The molecular weight excluding hydrogens is 286 g/mol. The molecular formula is C20H25NS. The van der Waals surface area contributed by atoms with Gasteiger partial charge in [-0.25, -0.2) is 0 Å². The molecule has 22 heavy (non-hydrogen) atoms. The smallest absolute Gasteiger partial charge is 0.0263 e. The summed E-state index contributed by atoms with van der Waals surface area (Å²) in [5, 5.41) is 4.06. The summed E-state index contributed by atoms with van der Waals surface area (Å²) in [6, 6.07) is 21.1. The average Bonchev–Trinajstić information content (AvgIpc) is 2.55. The molecule has 2 aromatic carbocycles. The summed E-state index contributed by atoms with van der Waals surface area (Å²) in [5.41, 5.74) is 2.63. The first-order chi connectivity index (χ1) is 10.8. The monoisotopic (exact) mass is 311 g/mol. The lowest BCUT2D eigenvalue weighted by molar-refractivity contribution is 0.588. The van der Waals surface area contributed by atoms with E-state index in [-0.39, 0.29) is 0 Å². The summed E-state index contributed by atoms with van der Waals surface area (Å²) in [6.45, 7) is 5.59. The normalized spacial score (nSPS) is 12.7. The Labute approximate surface area is 138 Å². The third kappa shape index (κ3) is 5.98. The first-order valence-corrected chi connectivity index (χ1v) is 8.91. The van der Waals surface area contributed by atoms with Gasteiger partial charge < -0.3 is 5.32 Å². The summed E-state index contributed by atoms with van der Waals surface area (Å²) < 4.78 is 0. The fourth-order valence-electron chi connectivity index (χ4n) is 2.17. The molecule has 0 aliphatic rings. The van der Waals surface area contributed by atoms with Crippen LogP contribution in [0.3, 0.4) is 0 Å². The van der Waals surface area contributed by atoms with Crippen LogP contribution in [0.4, 0.5) is 0 Å². The minimum Gasteiger partial charge on any atom is -0.390 e. The fraction of sp³-hybridized carbons (Fsp3) is 0.300. The SMILES string of the molecule is CC(C)C(CNC=Cc1ccccc1)SCc1ccccc1. The summed E-state index contributed by atoms with van der Waals surface area (Å²) in [7, 11) is 0. The van der Waals surface area contributed by atoms with Gasteiger partial charge in [-0.1, -0.05) is 74.5 Å². The Hall–Kier alpha value is -1.67. The van der Waals surface area contributed by atoms with E-state index in [2.05, 4.69) is 86.0 Å². The Kier molecular flexibility index (Phi) is 7.11. The zero-order valence-electron chi connectivity index (χ0n) is 13.4. The van der Waals surface area contributed by atoms with E-state index in [1.54, 1.807) is 0 Å². The molecule has 2 heteroatoms. The third-order valence-electron chi connectivity index (χ3n) is 3.56. The van der Waals surface area contributed by atoms with Crippen molar-refractivity contribution in [1.82, 2.24) is 5.32 Å². The molecule has 2 rings (SSSR count). The molecule has 0 aromatic heterocycles. The molecule has 0 amide bonds. The minimum absolute atomic E-state index is 0.612. The molecule has 1 N–H and O–H groups in total. The first-order valence-electron chi connectivity index (χ1n) is 7.86. The number of hydrogen-bond acceptors (Lipinski definition) is 2. The molecule has 0 aliphatic heterocycles. The molecule has 0 saturated heterocycles. The lowest BCUT2D eigenvalue weighted by atomic mass is 10.1. The van der Waals surface area contributed by atoms with Crippen LogP contribution in [0.1, 0.15) is 25.0 Å². The molecule has 0 bridgehead atoms. The van der Waals surface area contributed by atoms with Gasteiger partial charge in [0.1, 0.15) is 0 Å². The van der Waals surface area contributed by atoms with Crippen molar-refractivity contribution >= 4 is 17.8 Å². The minimum atomic E-state index is 0.612. The van der Waals surface area contributed by atoms with Crippen molar-refractivity contribution in [3.05, 3.63) is 78.0 Å². The molecule has 0 saturated carbocycles. The standard InChI is InChI=1S/C20H25NS/c1-17(2)20(22-16-19-11-7-4-8-12-19)15-21-14-13-18-9-5-3-6-10-18/h3-14,17,20-21H,15-16H2,1-2H3. The lowest BCUT2D eigenvalue weighted by Gasteiger charge is -2.20. The van der Waals surface area contributed by atoms with E-state index >= 15 is 0 Å². The highest BCUT2D eigenvalue weighted by atomic mass is 32.2. The van der Waals surface area contributed by atoms with Crippen LogP contribution in [0.5, 0.6) is 0 Å². The van der Waals surface area contributed by atoms with Gasteiger partial charge in [0.05, 0.1) is 0 Å². The van der Waals surface area contributed by atoms with Gasteiger partial charge in [0.15, 0.2) is 0 Å². The maximum Gasteiger partial charge on any atom is 0.0263 e. The van der Waals surface area contributed by atoms with Crippen LogP contribution < -0.4 is 5.32 Å². The van der Waals surface area contributed by atoms with Crippen molar-refractivity contribution in [2.75, 3.05) is 6.54 Å². The second kappa shape index (κ2) is 9.37. The molecule has 0 fully saturated rings. The predicted octanol–water partition coefficient (Wildman–Crippen LogP) is 5.20. The number of hydrogen-bond donors (Lipinski definition) is 1. The Bertz CT molecular complexity index is 548. The van der Waals surface area contributed by atoms with Crippen molar-refractivity contribution in [2.45, 2.75) is 24.9 Å². The highest BCUT2D eigenvalue weighted by Crippen LogP contribution is 2.23. The van der Waals surface area contributed by atoms with Crippen molar-refractivity contribution in [3.8, 4) is 0 Å². The van der Waals surface area contributed by atoms with Gasteiger partial charge in [0, 0.05) is 17.5 Å². The van der Waals surface area contributed by atoms with Gasteiger partial charge in [-0.3, -0.25) is 0 Å². The molecule has 1 atom stereocenters. The Morgan fingerprint density at radius 1 is 0.955 bits per heavy atom. The van der Waals surface area contributed by atoms with Gasteiger partial charge in [0.2, 0.25) is 0 Å². The van der Waals surface area contributed by atoms with E-state index in [9.17, 15) is 0 Å². The summed E-state index contributed by atoms with van der Waals surface area (Å²) in [5.74, 6) is 1.74. The molecule has 1 unspecified atom stereocenters. The highest BCUT2D eigenvalue weighted by molar-refractivity contribution is 7.99. The van der Waals surface area contributed by atoms with Crippen molar-refractivity contribution < 1.29 is 0 Å². The molecule has 0 aliphatic carbocycles. The molecule has 0 heterocycles. The van der Waals surface area contributed by atoms with Crippen molar-refractivity contribution in [1.29, 1.82) is 0 Å². The first kappa shape index (κ1) is 16.7. The number of thioether (sulfide) groups is 1. The zero-order chi connectivity index (χ0) is 15.6. The lowest BCUT2D eigenvalue weighted by Crippen LogP contribution is -2.25. The average molecular weight is 311 g/mol. The second-order valence-electron chi connectivity index (χ2n) is 5.73. The maximum atomic E-state index is 3.45. The number of benzene rings is 2. The van der Waals surface area contributed by atoms with Crippen LogP contribution in [0, 0.1) is 5.92 Å². The number of nitrogens with one attached hydrogen (secondary N) is 1. The van der Waals surface area contributed by atoms with Gasteiger partial charge in [-0.2, -0.15) is 11.8 Å². The van der Waals surface area contributed by atoms with Crippen molar-refractivity contribution in [2.24, 2.45) is 5.92 Å². The van der Waals surface area contributed by atoms with Crippen molar-refractivity contribution in [3.63, 3.8) is 0 Å². The summed E-state index contributed by atoms with van der Waals surface area (Å²) >= 11 is 2.03. The Morgan fingerprint density at radius 3 is 2.23 bits per heavy atom. The Morgan fingerprint density at radius 2 is 1.59 bits per heavy atom. The van der Waals surface area contributed by atoms with Gasteiger partial charge in [-0.15, -0.1) is 0 Å². The molecule has 1 nitrogen and oxygen atoms in total. The summed E-state index contributed by atoms with van der Waals surface area (Å²) in [6.07, 6.45) is 4.19. The zero-order valence-corrected chi connectivity index (χ0v) is 14.2. The molecule has 116 valence electrons. The van der Waals surface area contributed by atoms with Crippen LogP contribution >= 0.6 is 11.8 Å². The predicted molar refractivity (Wildman–Crippen MR) is 99.8 cm³/mol. The van der Waals surface area contributed by atoms with E-state index in [1.165, 1.54) is 11.1 Å². The van der Waals surface area contributed by atoms with E-state index in [0.29, 0.717) is 11.2 Å². The summed E-state index contributed by atoms with van der Waals surface area (Å²) in [4.78, 5) is 0. The Balaban J connectivity index is 1.78. The van der Waals surface area contributed by atoms with Crippen LogP contribution in [-0.4, -0.2) is 11.8 Å². The molecule has 2 aromatic rings. The topological polar surface area (TPSA) is 12.0 Å². The van der Waals surface area contributed by atoms with Crippen LogP contribution in [0.15, 0.2) is 66.9 Å². The van der Waals surface area contributed by atoms with E-state index < -0.39 is 0 Å². The van der Waals surface area contributed by atoms with Crippen LogP contribution in [-0.2, 0) is 5.75 Å². The van der Waals surface area contributed by atoms with E-state index in [0.717, 1.165) is 12.3 Å². The van der Waals surface area contributed by atoms with Gasteiger partial charge in [-0.05, 0) is 29.3 Å². The molecule has 0 spiro atoms. The largest absolute Gasteiger partial charge is 0.390 e. The van der Waals surface area contributed by atoms with Crippen LogP contribution in [0.2, 0.25) is 0 Å². The van der Waals surface area contributed by atoms with Gasteiger partial charge >= 0.3 is 0 Å².